The molecule has 1 amide bonds. The quantitative estimate of drug-likeness (QED) is 0.396. The van der Waals surface area contributed by atoms with Gasteiger partial charge in [0.15, 0.2) is 17.6 Å². The Kier molecular flexibility index (Phi) is 8.25. The number of rotatable bonds is 9. The number of anilines is 1. The maximum Gasteiger partial charge on any atom is 0.264 e. The fraction of sp³-hybridized carbons (Fsp3) is 0.345. The van der Waals surface area contributed by atoms with Crippen molar-refractivity contribution in [2.24, 2.45) is 0 Å². The highest BCUT2D eigenvalue weighted by molar-refractivity contribution is 7.92. The number of hydrogen-bond donors (Lipinski definition) is 1. The van der Waals surface area contributed by atoms with E-state index >= 15 is 0 Å². The highest BCUT2D eigenvalue weighted by Gasteiger charge is 2.38. The van der Waals surface area contributed by atoms with Crippen LogP contribution in [0.4, 0.5) is 5.69 Å². The lowest BCUT2D eigenvalue weighted by atomic mass is 9.86. The molecular formula is C29H34N2O7S. The molecule has 39 heavy (non-hydrogen) atoms. The first kappa shape index (κ1) is 28.1. The summed E-state index contributed by atoms with van der Waals surface area (Å²) in [6, 6.07) is 18.8. The van der Waals surface area contributed by atoms with E-state index in [0.29, 0.717) is 28.7 Å². The highest BCUT2D eigenvalue weighted by atomic mass is 32.2. The summed E-state index contributed by atoms with van der Waals surface area (Å²) in [4.78, 5) is 13.2. The molecule has 1 N–H and O–H groups in total. The molecule has 0 fully saturated rings. The zero-order valence-electron chi connectivity index (χ0n) is 22.8. The van der Waals surface area contributed by atoms with Crippen LogP contribution >= 0.6 is 0 Å². The summed E-state index contributed by atoms with van der Waals surface area (Å²) in [5.74, 6) is 1.56. The number of fused-ring (bicyclic) bond motifs is 1. The van der Waals surface area contributed by atoms with Crippen molar-refractivity contribution in [3.05, 3.63) is 72.3 Å². The largest absolute Gasteiger partial charge is 0.497 e. The van der Waals surface area contributed by atoms with Crippen molar-refractivity contribution < 1.29 is 32.2 Å². The molecule has 1 atom stereocenters. The van der Waals surface area contributed by atoms with Crippen LogP contribution in [0.15, 0.2) is 71.6 Å². The minimum absolute atomic E-state index is 0.0849. The van der Waals surface area contributed by atoms with E-state index < -0.39 is 22.0 Å². The molecule has 10 heteroatoms. The van der Waals surface area contributed by atoms with E-state index in [0.717, 1.165) is 5.56 Å². The molecule has 0 saturated carbocycles. The van der Waals surface area contributed by atoms with E-state index in [1.165, 1.54) is 23.5 Å². The molecule has 0 saturated heterocycles. The Balaban J connectivity index is 1.55. The molecule has 1 aliphatic rings. The average molecular weight is 555 g/mol. The van der Waals surface area contributed by atoms with Crippen LogP contribution in [-0.4, -0.2) is 54.3 Å². The number of para-hydroxylation sites is 2. The lowest BCUT2D eigenvalue weighted by molar-refractivity contribution is -0.127. The van der Waals surface area contributed by atoms with E-state index in [1.807, 2.05) is 45.0 Å². The van der Waals surface area contributed by atoms with Gasteiger partial charge in [0.1, 0.15) is 18.1 Å². The number of ether oxygens (including phenoxy) is 4. The molecule has 1 heterocycles. The van der Waals surface area contributed by atoms with Crippen LogP contribution in [0.3, 0.4) is 0 Å². The molecule has 9 nitrogen and oxygen atoms in total. The van der Waals surface area contributed by atoms with Gasteiger partial charge in [-0.25, -0.2) is 8.42 Å². The van der Waals surface area contributed by atoms with Gasteiger partial charge in [-0.05, 0) is 59.5 Å². The van der Waals surface area contributed by atoms with Gasteiger partial charge < -0.3 is 24.3 Å². The average Bonchev–Trinajstić information content (AvgIpc) is 2.93. The third kappa shape index (κ3) is 6.22. The van der Waals surface area contributed by atoms with Gasteiger partial charge in [0.05, 0.1) is 37.9 Å². The zero-order valence-corrected chi connectivity index (χ0v) is 23.6. The number of amides is 1. The summed E-state index contributed by atoms with van der Waals surface area (Å²) in [5.41, 5.74) is 1.11. The summed E-state index contributed by atoms with van der Waals surface area (Å²) in [6.45, 7) is 6.34. The molecule has 208 valence electrons. The number of sulfonamides is 1. The molecule has 0 spiro atoms. The molecule has 1 aliphatic heterocycles. The van der Waals surface area contributed by atoms with Crippen LogP contribution in [0, 0.1) is 0 Å². The summed E-state index contributed by atoms with van der Waals surface area (Å²) in [7, 11) is -0.951. The number of carbonyl (C=O) groups is 1. The van der Waals surface area contributed by atoms with Gasteiger partial charge in [-0.2, -0.15) is 0 Å². The number of nitrogens with one attached hydrogen (secondary N) is 1. The first-order chi connectivity index (χ1) is 18.5. The molecule has 1 unspecified atom stereocenters. The van der Waals surface area contributed by atoms with Crippen molar-refractivity contribution in [3.63, 3.8) is 0 Å². The number of nitrogens with zero attached hydrogens (tertiary/aromatic N) is 1. The van der Waals surface area contributed by atoms with Crippen molar-refractivity contribution in [2.45, 2.75) is 37.2 Å². The van der Waals surface area contributed by atoms with Crippen molar-refractivity contribution in [2.75, 3.05) is 38.2 Å². The molecule has 0 radical (unpaired) electrons. The summed E-state index contributed by atoms with van der Waals surface area (Å²) in [5, 5.41) is 2.79. The Morgan fingerprint density at radius 3 is 2.33 bits per heavy atom. The van der Waals surface area contributed by atoms with Gasteiger partial charge in [-0.3, -0.25) is 9.10 Å². The van der Waals surface area contributed by atoms with Gasteiger partial charge >= 0.3 is 0 Å². The van der Waals surface area contributed by atoms with E-state index in [1.54, 1.807) is 37.4 Å². The third-order valence-electron chi connectivity index (χ3n) is 6.36. The van der Waals surface area contributed by atoms with E-state index in [4.69, 9.17) is 18.9 Å². The standard InChI is InChI=1S/C29H34N2O7S/c1-29(2,3)20-10-15-24-23(18-20)31(39(33,34)22-13-11-21(35-4)12-14-22)19-27(38-24)28(32)30-16-17-37-26-9-7-6-8-25(26)36-5/h6-15,18,27H,16-17,19H2,1-5H3,(H,30,32). The first-order valence-electron chi connectivity index (χ1n) is 12.6. The second kappa shape index (κ2) is 11.4. The zero-order chi connectivity index (χ0) is 28.2. The van der Waals surface area contributed by atoms with Gasteiger partial charge in [0.25, 0.3) is 15.9 Å². The van der Waals surface area contributed by atoms with Gasteiger partial charge in [-0.1, -0.05) is 39.0 Å². The van der Waals surface area contributed by atoms with Gasteiger partial charge in [0.2, 0.25) is 0 Å². The van der Waals surface area contributed by atoms with E-state index in [2.05, 4.69) is 5.32 Å². The van der Waals surface area contributed by atoms with Crippen LogP contribution in [-0.2, 0) is 20.2 Å². The lowest BCUT2D eigenvalue weighted by Gasteiger charge is -2.36. The Hall–Kier alpha value is -3.92. The molecule has 0 aromatic heterocycles. The normalized spacial score (nSPS) is 15.1. The Labute approximate surface area is 229 Å². The summed E-state index contributed by atoms with van der Waals surface area (Å²) < 4.78 is 51.1. The topological polar surface area (TPSA) is 103 Å². The monoisotopic (exact) mass is 554 g/mol. The molecule has 4 rings (SSSR count). The van der Waals surface area contributed by atoms with Gasteiger partial charge in [-0.15, -0.1) is 0 Å². The number of methoxy groups -OCH3 is 2. The maximum atomic E-state index is 13.8. The number of carbonyl (C=O) groups excluding carboxylic acids is 1. The van der Waals surface area contributed by atoms with Crippen LogP contribution in [0.25, 0.3) is 0 Å². The number of hydrogen-bond acceptors (Lipinski definition) is 7. The molecule has 3 aromatic carbocycles. The Morgan fingerprint density at radius 2 is 1.69 bits per heavy atom. The highest BCUT2D eigenvalue weighted by Crippen LogP contribution is 2.40. The van der Waals surface area contributed by atoms with Crippen LogP contribution in [0.5, 0.6) is 23.0 Å². The second-order valence-electron chi connectivity index (χ2n) is 10.0. The van der Waals surface area contributed by atoms with Gasteiger partial charge in [0, 0.05) is 0 Å². The predicted molar refractivity (Wildman–Crippen MR) is 149 cm³/mol. The molecular weight excluding hydrogens is 520 g/mol. The molecule has 3 aromatic rings. The van der Waals surface area contributed by atoms with Crippen molar-refractivity contribution >= 4 is 21.6 Å². The van der Waals surface area contributed by atoms with Crippen molar-refractivity contribution in [1.29, 1.82) is 0 Å². The number of benzene rings is 3. The predicted octanol–water partition coefficient (Wildman–Crippen LogP) is 4.15. The van der Waals surface area contributed by atoms with Crippen LogP contribution in [0.2, 0.25) is 0 Å². The Bertz CT molecular complexity index is 1420. The minimum atomic E-state index is -4.02. The maximum absolute atomic E-state index is 13.8. The van der Waals surface area contributed by atoms with E-state index in [-0.39, 0.29) is 30.0 Å². The minimum Gasteiger partial charge on any atom is -0.497 e. The molecule has 0 aliphatic carbocycles. The fourth-order valence-corrected chi connectivity index (χ4v) is 5.61. The summed E-state index contributed by atoms with van der Waals surface area (Å²) >= 11 is 0. The van der Waals surface area contributed by atoms with Crippen molar-refractivity contribution in [1.82, 2.24) is 5.32 Å². The van der Waals surface area contributed by atoms with Crippen molar-refractivity contribution in [3.8, 4) is 23.0 Å². The first-order valence-corrected chi connectivity index (χ1v) is 14.0. The summed E-state index contributed by atoms with van der Waals surface area (Å²) in [6.07, 6.45) is -1.06. The van der Waals surface area contributed by atoms with Crippen LogP contribution in [0.1, 0.15) is 26.3 Å². The lowest BCUT2D eigenvalue weighted by Crippen LogP contribution is -2.51. The molecule has 0 bridgehead atoms. The smallest absolute Gasteiger partial charge is 0.264 e. The van der Waals surface area contributed by atoms with Crippen LogP contribution < -0.4 is 28.6 Å². The second-order valence-corrected chi connectivity index (χ2v) is 11.9. The fourth-order valence-electron chi connectivity index (χ4n) is 4.14. The van der Waals surface area contributed by atoms with E-state index in [9.17, 15) is 13.2 Å². The Morgan fingerprint density at radius 1 is 1.00 bits per heavy atom. The SMILES string of the molecule is COc1ccc(S(=O)(=O)N2CC(C(=O)NCCOc3ccccc3OC)Oc3ccc(C(C)(C)C)cc32)cc1. The third-order valence-corrected chi connectivity index (χ3v) is 8.16.